The van der Waals surface area contributed by atoms with Crippen molar-refractivity contribution in [3.05, 3.63) is 66.5 Å². The van der Waals surface area contributed by atoms with Gasteiger partial charge in [0, 0.05) is 23.8 Å². The van der Waals surface area contributed by atoms with Crippen molar-refractivity contribution in [2.24, 2.45) is 0 Å². The molecular weight excluding hydrogens is 521 g/mol. The molecule has 0 amide bonds. The third-order valence-electron chi connectivity index (χ3n) is 5.27. The Hall–Kier alpha value is -4.09. The maximum absolute atomic E-state index is 12.8. The molecule has 1 N–H and O–H groups in total. The molecule has 8 nitrogen and oxygen atoms in total. The minimum atomic E-state index is -4.79. The number of benzene rings is 1. The van der Waals surface area contributed by atoms with E-state index in [9.17, 15) is 35.6 Å². The highest BCUT2D eigenvalue weighted by atomic mass is 32.2. The average Bonchev–Trinajstić information content (AvgIpc) is 3.17. The Morgan fingerprint density at radius 2 is 1.86 bits per heavy atom. The van der Waals surface area contributed by atoms with E-state index in [1.807, 2.05) is 6.07 Å². The lowest BCUT2D eigenvalue weighted by Crippen LogP contribution is -2.42. The van der Waals surface area contributed by atoms with Gasteiger partial charge < -0.3 is 4.74 Å². The summed E-state index contributed by atoms with van der Waals surface area (Å²) in [7, 11) is -4.57. The molecule has 0 aliphatic heterocycles. The second-order valence-electron chi connectivity index (χ2n) is 7.68. The van der Waals surface area contributed by atoms with E-state index in [2.05, 4.69) is 14.7 Å². The zero-order chi connectivity index (χ0) is 27.0. The van der Waals surface area contributed by atoms with Crippen molar-refractivity contribution < 1.29 is 35.1 Å². The topological polar surface area (TPSA) is 110 Å². The molecule has 0 aliphatic rings. The van der Waals surface area contributed by atoms with Crippen LogP contribution in [0.2, 0.25) is 0 Å². The van der Waals surface area contributed by atoms with Gasteiger partial charge in [0.05, 0.1) is 22.5 Å². The number of nitriles is 1. The van der Waals surface area contributed by atoms with Crippen LogP contribution in [0.4, 0.5) is 22.0 Å². The number of nitrogens with zero attached hydrogens (tertiary/aromatic N) is 4. The van der Waals surface area contributed by atoms with Gasteiger partial charge in [0.1, 0.15) is 28.6 Å². The summed E-state index contributed by atoms with van der Waals surface area (Å²) in [4.78, 5) is 7.83. The van der Waals surface area contributed by atoms with E-state index in [-0.39, 0.29) is 34.0 Å². The van der Waals surface area contributed by atoms with Crippen LogP contribution in [0.15, 0.2) is 65.8 Å². The van der Waals surface area contributed by atoms with Gasteiger partial charge in [-0.05, 0) is 43.3 Å². The Labute approximate surface area is 207 Å². The molecule has 0 spiro atoms. The van der Waals surface area contributed by atoms with E-state index < -0.39 is 33.7 Å². The number of nitrogens with one attached hydrogen (secondary N) is 1. The highest BCUT2D eigenvalue weighted by Crippen LogP contribution is 2.37. The molecule has 1 aromatic carbocycles. The Kier molecular flexibility index (Phi) is 6.85. The van der Waals surface area contributed by atoms with Gasteiger partial charge >= 0.3 is 12.8 Å². The number of pyridine rings is 2. The highest BCUT2D eigenvalue weighted by molar-refractivity contribution is 7.89. The number of sulfonamides is 1. The van der Waals surface area contributed by atoms with Crippen LogP contribution in [-0.4, -0.2) is 41.8 Å². The van der Waals surface area contributed by atoms with E-state index in [0.29, 0.717) is 12.3 Å². The van der Waals surface area contributed by atoms with Crippen LogP contribution in [0.5, 0.6) is 5.75 Å². The molecule has 0 fully saturated rings. The van der Waals surface area contributed by atoms with Crippen LogP contribution in [0.3, 0.4) is 0 Å². The fourth-order valence-electron chi connectivity index (χ4n) is 3.57. The fourth-order valence-corrected chi connectivity index (χ4v) is 4.74. The molecule has 4 aromatic rings. The van der Waals surface area contributed by atoms with E-state index in [1.54, 1.807) is 18.2 Å². The Morgan fingerprint density at radius 3 is 2.43 bits per heavy atom. The van der Waals surface area contributed by atoms with Crippen LogP contribution in [0.1, 0.15) is 12.5 Å². The molecule has 4 rings (SSSR count). The van der Waals surface area contributed by atoms with Crippen molar-refractivity contribution in [2.75, 3.05) is 0 Å². The van der Waals surface area contributed by atoms with Gasteiger partial charge in [0.2, 0.25) is 10.0 Å². The van der Waals surface area contributed by atoms with Crippen LogP contribution >= 0.6 is 0 Å². The molecule has 0 unspecified atom stereocenters. The van der Waals surface area contributed by atoms with Gasteiger partial charge in [-0.2, -0.15) is 31.9 Å². The molecule has 37 heavy (non-hydrogen) atoms. The Balaban J connectivity index is 1.88. The number of ether oxygens (including phenoxy) is 1. The predicted octanol–water partition coefficient (Wildman–Crippen LogP) is 4.79. The molecule has 0 aliphatic carbocycles. The van der Waals surface area contributed by atoms with Crippen molar-refractivity contribution in [3.8, 4) is 29.0 Å². The SMILES string of the molecule is C[C@@H](NS(=O)(=O)c1ccc(-c2c(C#N)c3ccc(OC(F)F)cc3n2-c2ccccn2)nc1)C(F)(F)F. The summed E-state index contributed by atoms with van der Waals surface area (Å²) in [6, 6.07) is 10.8. The molecule has 192 valence electrons. The highest BCUT2D eigenvalue weighted by Gasteiger charge is 2.39. The van der Waals surface area contributed by atoms with Crippen molar-refractivity contribution in [1.29, 1.82) is 5.26 Å². The van der Waals surface area contributed by atoms with Gasteiger partial charge in [-0.25, -0.2) is 13.4 Å². The number of hydrogen-bond donors (Lipinski definition) is 1. The van der Waals surface area contributed by atoms with Gasteiger partial charge in [0.25, 0.3) is 0 Å². The van der Waals surface area contributed by atoms with Crippen LogP contribution in [-0.2, 0) is 10.0 Å². The second kappa shape index (κ2) is 9.75. The van der Waals surface area contributed by atoms with Crippen molar-refractivity contribution >= 4 is 20.9 Å². The quantitative estimate of drug-likeness (QED) is 0.340. The second-order valence-corrected chi connectivity index (χ2v) is 9.39. The van der Waals surface area contributed by atoms with E-state index in [0.717, 1.165) is 12.3 Å². The molecule has 14 heteroatoms. The van der Waals surface area contributed by atoms with E-state index in [1.165, 1.54) is 39.8 Å². The average molecular weight is 537 g/mol. The Morgan fingerprint density at radius 1 is 1.11 bits per heavy atom. The molecule has 3 heterocycles. The Bertz CT molecular complexity index is 1580. The van der Waals surface area contributed by atoms with Crippen molar-refractivity contribution in [2.45, 2.75) is 30.6 Å². The van der Waals surface area contributed by atoms with E-state index in [4.69, 9.17) is 0 Å². The third-order valence-corrected chi connectivity index (χ3v) is 6.79. The van der Waals surface area contributed by atoms with Crippen molar-refractivity contribution in [3.63, 3.8) is 0 Å². The zero-order valence-corrected chi connectivity index (χ0v) is 19.6. The number of alkyl halides is 5. The molecule has 1 atom stereocenters. The maximum atomic E-state index is 12.8. The number of hydrogen-bond acceptors (Lipinski definition) is 6. The first kappa shape index (κ1) is 26.0. The van der Waals surface area contributed by atoms with Gasteiger partial charge in [-0.15, -0.1) is 0 Å². The zero-order valence-electron chi connectivity index (χ0n) is 18.7. The summed E-state index contributed by atoms with van der Waals surface area (Å²) >= 11 is 0. The number of rotatable bonds is 7. The van der Waals surface area contributed by atoms with E-state index >= 15 is 0 Å². The maximum Gasteiger partial charge on any atom is 0.404 e. The van der Waals surface area contributed by atoms with Gasteiger partial charge in [-0.3, -0.25) is 9.55 Å². The minimum Gasteiger partial charge on any atom is -0.435 e. The molecule has 0 saturated heterocycles. The lowest BCUT2D eigenvalue weighted by Gasteiger charge is -2.17. The molecule has 0 bridgehead atoms. The lowest BCUT2D eigenvalue weighted by molar-refractivity contribution is -0.147. The standard InChI is InChI=1S/C23H16F5N5O3S/c1-13(23(26,27)28)32-37(34,35)15-6-8-18(31-12-15)21-17(11-29)16-7-5-14(36-22(24)25)10-19(16)33(21)20-4-2-3-9-30-20/h2-10,12-13,22,32H,1H3/t13-/m1/s1. The van der Waals surface area contributed by atoms with Crippen LogP contribution in [0.25, 0.3) is 28.1 Å². The van der Waals surface area contributed by atoms with Crippen LogP contribution in [0, 0.1) is 11.3 Å². The van der Waals surface area contributed by atoms with Crippen LogP contribution < -0.4 is 9.46 Å². The molecule has 0 saturated carbocycles. The number of fused-ring (bicyclic) bond motifs is 1. The summed E-state index contributed by atoms with van der Waals surface area (Å²) in [6.07, 6.45) is -2.47. The normalized spacial score (nSPS) is 13.0. The summed E-state index contributed by atoms with van der Waals surface area (Å²) in [5.74, 6) is 0.116. The molecule has 3 aromatic heterocycles. The number of halogens is 5. The summed E-state index contributed by atoms with van der Waals surface area (Å²) in [6.45, 7) is -2.42. The largest absolute Gasteiger partial charge is 0.435 e. The summed E-state index contributed by atoms with van der Waals surface area (Å²) in [5.41, 5.74) is 0.599. The molecular formula is C23H16F5N5O3S. The smallest absolute Gasteiger partial charge is 0.404 e. The van der Waals surface area contributed by atoms with Crippen molar-refractivity contribution in [1.82, 2.24) is 19.3 Å². The first-order chi connectivity index (χ1) is 17.4. The predicted molar refractivity (Wildman–Crippen MR) is 121 cm³/mol. The minimum absolute atomic E-state index is 0.0798. The van der Waals surface area contributed by atoms with Gasteiger partial charge in [-0.1, -0.05) is 6.07 Å². The number of aromatic nitrogens is 3. The fraction of sp³-hybridized carbons (Fsp3) is 0.174. The monoisotopic (exact) mass is 537 g/mol. The first-order valence-corrected chi connectivity index (χ1v) is 11.9. The van der Waals surface area contributed by atoms with Gasteiger partial charge in [0.15, 0.2) is 0 Å². The third kappa shape index (κ3) is 5.23. The first-order valence-electron chi connectivity index (χ1n) is 10.4. The summed E-state index contributed by atoms with van der Waals surface area (Å²) < 4.78 is 96.5. The lowest BCUT2D eigenvalue weighted by atomic mass is 10.1. The molecule has 0 radical (unpaired) electrons. The summed E-state index contributed by atoms with van der Waals surface area (Å²) in [5, 5.41) is 10.3.